The summed E-state index contributed by atoms with van der Waals surface area (Å²) in [5.74, 6) is 3.89. The molecule has 0 N–H and O–H groups in total. The molecule has 4 unspecified atom stereocenters. The molecule has 81 heavy (non-hydrogen) atoms. The van der Waals surface area contributed by atoms with Crippen molar-refractivity contribution in [2.75, 3.05) is 0 Å². The summed E-state index contributed by atoms with van der Waals surface area (Å²) < 4.78 is 11.2. The zero-order chi connectivity index (χ0) is 55.3. The van der Waals surface area contributed by atoms with E-state index in [1.54, 1.807) is 0 Å². The van der Waals surface area contributed by atoms with Gasteiger partial charge in [-0.05, 0) is 121 Å². The van der Waals surface area contributed by atoms with Crippen molar-refractivity contribution in [3.63, 3.8) is 0 Å². The number of fused-ring (bicyclic) bond motifs is 1. The van der Waals surface area contributed by atoms with Gasteiger partial charge in [0.05, 0.1) is 7.05 Å². The first-order chi connectivity index (χ1) is 37.2. The second-order valence-corrected chi connectivity index (χ2v) is 21.8. The molecule has 0 saturated carbocycles. The Morgan fingerprint density at radius 1 is 0.407 bits per heavy atom. The molecule has 9 heteroatoms. The van der Waals surface area contributed by atoms with Crippen LogP contribution in [0.3, 0.4) is 0 Å². The van der Waals surface area contributed by atoms with E-state index in [9.17, 15) is 0 Å². The Morgan fingerprint density at radius 3 is 1.21 bits per heavy atom. The van der Waals surface area contributed by atoms with E-state index < -0.39 is 0 Å². The number of aromatic nitrogens is 5. The van der Waals surface area contributed by atoms with Crippen LogP contribution in [0.5, 0.6) is 0 Å². The van der Waals surface area contributed by atoms with Crippen LogP contribution in [-0.4, -0.2) is 4.57 Å². The third-order valence-electron chi connectivity index (χ3n) is 15.8. The van der Waals surface area contributed by atoms with Gasteiger partial charge in [0.1, 0.15) is 18.9 Å². The number of aryl methyl sites for hydroxylation is 4. The molecular weight excluding hydrogens is 1080 g/mol. The summed E-state index contributed by atoms with van der Waals surface area (Å²) in [7, 11) is 2.08. The predicted octanol–water partition coefficient (Wildman–Crippen LogP) is 4.14. The van der Waals surface area contributed by atoms with Gasteiger partial charge in [0.15, 0.2) is 50.6 Å². The van der Waals surface area contributed by atoms with Gasteiger partial charge in [0.2, 0.25) is 5.52 Å². The zero-order valence-corrected chi connectivity index (χ0v) is 53.9. The summed E-state index contributed by atoms with van der Waals surface area (Å²) in [5.41, 5.74) is 16.5. The summed E-state index contributed by atoms with van der Waals surface area (Å²) in [5, 5.41) is 1.29. The average molecular weight is 1170 g/mol. The molecular formula is C72H93Cl4N5. The maximum atomic E-state index is 2.31. The van der Waals surface area contributed by atoms with Crippen molar-refractivity contribution >= 4 is 10.9 Å². The van der Waals surface area contributed by atoms with Crippen LogP contribution in [0, 0.1) is 20.8 Å². The van der Waals surface area contributed by atoms with E-state index in [4.69, 9.17) is 0 Å². The molecule has 0 aliphatic carbocycles. The van der Waals surface area contributed by atoms with Crippen molar-refractivity contribution < 1.29 is 67.9 Å². The van der Waals surface area contributed by atoms with Crippen molar-refractivity contribution in [3.8, 4) is 0 Å². The largest absolute Gasteiger partial charge is 1.00 e. The third kappa shape index (κ3) is 22.1. The van der Waals surface area contributed by atoms with E-state index in [1.807, 2.05) is 0 Å². The van der Waals surface area contributed by atoms with Crippen molar-refractivity contribution in [2.24, 2.45) is 7.05 Å². The number of imidazole rings is 1. The van der Waals surface area contributed by atoms with Gasteiger partial charge in [-0.25, -0.2) is 18.3 Å². The number of rotatable bonds is 17. The lowest BCUT2D eigenvalue weighted by Gasteiger charge is -2.09. The summed E-state index contributed by atoms with van der Waals surface area (Å²) in [4.78, 5) is 0. The summed E-state index contributed by atoms with van der Waals surface area (Å²) >= 11 is 0. The standard InChI is InChI=1S/C20H22N.2C18H24N.C16H23N2.4ClH/c1-3-16(2)18-12-10-17(11-13-18)15-21-14-6-8-19-7-4-5-9-20(19)21;1-5-16(4)18-8-6-17(7-9-18)13-19-11-14(2)10-15(3)12-19;1-4-15(3)18-8-6-17(7-9-18)14-19-12-10-16(5-2)11-13-19;1-5-13(2)16-8-6-15(7-9-16)12-18-11-10-17(4)14(18)3;;;;/h4-14,16H,3,15H2,1-2H3;6-12,16H,5,13H2,1-4H3;6-13,15H,4-5,14H2,1-3H3;6-11,13H,5,12H2,1-4H3;4*1H/q4*+1;;;;/p-4. The highest BCUT2D eigenvalue weighted by molar-refractivity contribution is 5.75. The highest BCUT2D eigenvalue weighted by Gasteiger charge is 2.13. The Balaban J connectivity index is 0.000000364. The second-order valence-electron chi connectivity index (χ2n) is 21.8. The zero-order valence-electron chi connectivity index (χ0n) is 50.9. The van der Waals surface area contributed by atoms with Crippen LogP contribution in [-0.2, 0) is 39.6 Å². The smallest absolute Gasteiger partial charge is 0.253 e. The van der Waals surface area contributed by atoms with E-state index >= 15 is 0 Å². The molecule has 0 aliphatic rings. The Labute approximate surface area is 514 Å². The predicted molar refractivity (Wildman–Crippen MR) is 324 cm³/mol. The maximum Gasteiger partial charge on any atom is 0.253 e. The molecule has 4 aromatic heterocycles. The number of hydrogen-bond donors (Lipinski definition) is 0. The Bertz CT molecular complexity index is 3130. The van der Waals surface area contributed by atoms with E-state index in [0.717, 1.165) is 32.6 Å². The van der Waals surface area contributed by atoms with Crippen LogP contribution >= 0.6 is 0 Å². The van der Waals surface area contributed by atoms with Gasteiger partial charge in [-0.15, -0.1) is 0 Å². The molecule has 9 rings (SSSR count). The minimum atomic E-state index is 0. The van der Waals surface area contributed by atoms with E-state index in [-0.39, 0.29) is 49.6 Å². The molecule has 434 valence electrons. The van der Waals surface area contributed by atoms with Crippen LogP contribution in [0.2, 0.25) is 0 Å². The molecule has 0 saturated heterocycles. The fourth-order valence-corrected chi connectivity index (χ4v) is 9.60. The number of nitrogens with zero attached hydrogens (tertiary/aromatic N) is 5. The molecule has 0 amide bonds. The quantitative estimate of drug-likeness (QED) is 0.123. The van der Waals surface area contributed by atoms with Gasteiger partial charge in [-0.3, -0.25) is 0 Å². The fraction of sp³-hybridized carbons (Fsp3) is 0.361. The van der Waals surface area contributed by atoms with Crippen molar-refractivity contribution in [1.29, 1.82) is 0 Å². The molecule has 0 bridgehead atoms. The van der Waals surface area contributed by atoms with Crippen LogP contribution in [0.25, 0.3) is 10.9 Å². The minimum absolute atomic E-state index is 0. The summed E-state index contributed by atoms with van der Waals surface area (Å²) in [6.45, 7) is 30.5. The SMILES string of the molecule is CCC(C)c1ccc(C[n+]2cc(C)cc(C)c2)cc1.CCC(C)c1ccc(C[n+]2cccc3ccccc32)cc1.CCC(C)c1ccc(Cn2cc[n+](C)c2C)cc1.CCc1cc[n+](Cc2ccc(C(C)CC)cc2)cc1.[Cl-].[Cl-].[Cl-].[Cl-]. The first-order valence-corrected chi connectivity index (χ1v) is 28.9. The lowest BCUT2D eigenvalue weighted by Crippen LogP contribution is -3.00. The number of pyridine rings is 3. The second kappa shape index (κ2) is 36.6. The van der Waals surface area contributed by atoms with E-state index in [2.05, 4.69) is 308 Å². The number of halogens is 4. The van der Waals surface area contributed by atoms with Crippen molar-refractivity contribution in [3.05, 3.63) is 262 Å². The van der Waals surface area contributed by atoms with E-state index in [0.29, 0.717) is 23.7 Å². The van der Waals surface area contributed by atoms with Crippen molar-refractivity contribution in [2.45, 2.75) is 165 Å². The van der Waals surface area contributed by atoms with Gasteiger partial charge >= 0.3 is 0 Å². The van der Waals surface area contributed by atoms with Crippen LogP contribution in [0.4, 0.5) is 0 Å². The first kappa shape index (κ1) is 71.3. The molecule has 0 fully saturated rings. The average Bonchev–Trinajstić information content (AvgIpc) is 3.77. The molecule has 4 atom stereocenters. The van der Waals surface area contributed by atoms with Crippen LogP contribution in [0.15, 0.2) is 195 Å². The van der Waals surface area contributed by atoms with E-state index in [1.165, 1.54) is 104 Å². The highest BCUT2D eigenvalue weighted by Crippen LogP contribution is 2.22. The normalized spacial score (nSPS) is 11.9. The Hall–Kier alpha value is -5.82. The lowest BCUT2D eigenvalue weighted by molar-refractivity contribution is -0.689. The number of para-hydroxylation sites is 1. The van der Waals surface area contributed by atoms with Gasteiger partial charge in [0, 0.05) is 64.4 Å². The first-order valence-electron chi connectivity index (χ1n) is 28.9. The van der Waals surface area contributed by atoms with Gasteiger partial charge in [-0.1, -0.05) is 172 Å². The fourth-order valence-electron chi connectivity index (χ4n) is 9.60. The Kier molecular flexibility index (Phi) is 32.2. The summed E-state index contributed by atoms with van der Waals surface area (Å²) in [6, 6.07) is 55.6. The topological polar surface area (TPSA) is 20.4 Å². The summed E-state index contributed by atoms with van der Waals surface area (Å²) in [6.07, 6.45) is 21.0. The Morgan fingerprint density at radius 2 is 0.802 bits per heavy atom. The molecule has 4 heterocycles. The lowest BCUT2D eigenvalue weighted by atomic mass is 9.97. The maximum absolute atomic E-state index is 2.31. The van der Waals surface area contributed by atoms with Gasteiger partial charge in [-0.2, -0.15) is 4.57 Å². The molecule has 9 aromatic rings. The minimum Gasteiger partial charge on any atom is -1.00 e. The van der Waals surface area contributed by atoms with Crippen molar-refractivity contribution in [1.82, 2.24) is 4.57 Å². The van der Waals surface area contributed by atoms with Gasteiger partial charge in [0.25, 0.3) is 5.82 Å². The molecule has 0 aliphatic heterocycles. The number of hydrogen-bond acceptors (Lipinski definition) is 0. The van der Waals surface area contributed by atoms with Gasteiger partial charge < -0.3 is 49.6 Å². The molecule has 5 nitrogen and oxygen atoms in total. The van der Waals surface area contributed by atoms with Crippen LogP contribution in [0.1, 0.15) is 179 Å². The molecule has 5 aromatic carbocycles. The highest BCUT2D eigenvalue weighted by atomic mass is 35.5. The van der Waals surface area contributed by atoms with Crippen LogP contribution < -0.4 is 67.9 Å². The number of benzene rings is 5. The monoisotopic (exact) mass is 1170 g/mol. The third-order valence-corrected chi connectivity index (χ3v) is 15.8. The molecule has 0 spiro atoms. The molecule has 0 radical (unpaired) electrons.